The first-order valence-corrected chi connectivity index (χ1v) is 11.6. The van der Waals surface area contributed by atoms with Crippen LogP contribution in [0.4, 0.5) is 4.39 Å². The van der Waals surface area contributed by atoms with E-state index in [-0.39, 0.29) is 17.8 Å². The van der Waals surface area contributed by atoms with E-state index in [1.165, 1.54) is 15.8 Å². The summed E-state index contributed by atoms with van der Waals surface area (Å²) in [6.07, 6.45) is 3.41. The van der Waals surface area contributed by atoms with Crippen LogP contribution in [0, 0.1) is 19.7 Å². The Morgan fingerprint density at radius 3 is 2.71 bits per heavy atom. The van der Waals surface area contributed by atoms with Gasteiger partial charge in [-0.2, -0.15) is 5.10 Å². The molecule has 1 aliphatic rings. The first-order valence-electron chi connectivity index (χ1n) is 10.8. The van der Waals surface area contributed by atoms with Gasteiger partial charge in [0, 0.05) is 58.7 Å². The number of hydrogen-bond donors (Lipinski definition) is 1. The average molecular weight is 441 g/mol. The van der Waals surface area contributed by atoms with Gasteiger partial charge in [-0.3, -0.25) is 9.69 Å². The zero-order valence-corrected chi connectivity index (χ0v) is 19.3. The van der Waals surface area contributed by atoms with Crippen LogP contribution in [0.1, 0.15) is 42.0 Å². The maximum absolute atomic E-state index is 14.5. The van der Waals surface area contributed by atoms with Crippen LogP contribution >= 0.6 is 11.3 Å². The predicted molar refractivity (Wildman–Crippen MR) is 123 cm³/mol. The fraction of sp³-hybridized carbons (Fsp3) is 0.417. The van der Waals surface area contributed by atoms with Gasteiger partial charge in [0.2, 0.25) is 5.91 Å². The largest absolute Gasteiger partial charge is 0.352 e. The number of amides is 1. The van der Waals surface area contributed by atoms with Gasteiger partial charge in [-0.05, 0) is 52.3 Å². The van der Waals surface area contributed by atoms with Crippen LogP contribution in [0.15, 0.2) is 36.5 Å². The maximum atomic E-state index is 14.5. The number of aryl methyl sites for hydroxylation is 2. The molecule has 164 valence electrons. The molecule has 31 heavy (non-hydrogen) atoms. The second-order valence-electron chi connectivity index (χ2n) is 8.55. The minimum absolute atomic E-state index is 0.131. The molecule has 1 amide bonds. The van der Waals surface area contributed by atoms with Crippen LogP contribution in [0.3, 0.4) is 0 Å². The lowest BCUT2D eigenvalue weighted by Crippen LogP contribution is -2.41. The molecule has 1 aromatic carbocycles. The number of para-hydroxylation sites is 1. The highest BCUT2D eigenvalue weighted by Gasteiger charge is 2.26. The molecule has 1 N–H and O–H groups in total. The zero-order chi connectivity index (χ0) is 22.1. The third kappa shape index (κ3) is 4.72. The van der Waals surface area contributed by atoms with Gasteiger partial charge in [0.15, 0.2) is 0 Å². The number of rotatable bonds is 7. The number of nitrogens with zero attached hydrogens (tertiary/aromatic N) is 3. The van der Waals surface area contributed by atoms with E-state index in [0.717, 1.165) is 29.8 Å². The van der Waals surface area contributed by atoms with E-state index in [9.17, 15) is 9.18 Å². The summed E-state index contributed by atoms with van der Waals surface area (Å²) in [5.41, 5.74) is 3.50. The standard InChI is InChI=1S/C24H29FN4OS/c1-15(2)28(14-19-9-10-23(30)26-19)12-18-13-29(22-8-6-5-7-21(22)25)27-24(18)20-11-16(3)31-17(20)4/h5-8,11,13,15,19H,9-10,12,14H2,1-4H3,(H,26,30). The summed E-state index contributed by atoms with van der Waals surface area (Å²) < 4.78 is 16.1. The van der Waals surface area contributed by atoms with Crippen LogP contribution in [0.2, 0.25) is 0 Å². The van der Waals surface area contributed by atoms with Crippen molar-refractivity contribution in [3.05, 3.63) is 57.7 Å². The molecule has 4 rings (SSSR count). The van der Waals surface area contributed by atoms with E-state index in [1.54, 1.807) is 28.2 Å². The van der Waals surface area contributed by atoms with Gasteiger partial charge in [-0.25, -0.2) is 9.07 Å². The van der Waals surface area contributed by atoms with Crippen LogP contribution in [0.25, 0.3) is 16.9 Å². The Morgan fingerprint density at radius 1 is 1.32 bits per heavy atom. The monoisotopic (exact) mass is 440 g/mol. The molecule has 0 saturated carbocycles. The zero-order valence-electron chi connectivity index (χ0n) is 18.5. The molecule has 1 unspecified atom stereocenters. The van der Waals surface area contributed by atoms with E-state index in [4.69, 9.17) is 5.10 Å². The highest BCUT2D eigenvalue weighted by molar-refractivity contribution is 7.12. The Balaban J connectivity index is 1.71. The van der Waals surface area contributed by atoms with E-state index < -0.39 is 0 Å². The molecule has 0 aliphatic carbocycles. The summed E-state index contributed by atoms with van der Waals surface area (Å²) in [5.74, 6) is -0.165. The summed E-state index contributed by atoms with van der Waals surface area (Å²) >= 11 is 1.75. The first-order chi connectivity index (χ1) is 14.8. The predicted octanol–water partition coefficient (Wildman–Crippen LogP) is 4.85. The Hall–Kier alpha value is -2.51. The van der Waals surface area contributed by atoms with E-state index in [2.05, 4.69) is 44.0 Å². The second kappa shape index (κ2) is 8.93. The highest BCUT2D eigenvalue weighted by atomic mass is 32.1. The minimum atomic E-state index is -0.296. The molecule has 1 atom stereocenters. The van der Waals surface area contributed by atoms with Crippen molar-refractivity contribution in [1.82, 2.24) is 20.0 Å². The molecule has 0 radical (unpaired) electrons. The molecule has 1 aliphatic heterocycles. The summed E-state index contributed by atoms with van der Waals surface area (Å²) in [5, 5.41) is 7.90. The number of thiophene rings is 1. The maximum Gasteiger partial charge on any atom is 0.220 e. The number of aromatic nitrogens is 2. The lowest BCUT2D eigenvalue weighted by molar-refractivity contribution is -0.119. The lowest BCUT2D eigenvalue weighted by Gasteiger charge is -2.29. The third-order valence-electron chi connectivity index (χ3n) is 5.83. The number of nitrogens with one attached hydrogen (secondary N) is 1. The van der Waals surface area contributed by atoms with Crippen LogP contribution in [-0.4, -0.2) is 39.2 Å². The van der Waals surface area contributed by atoms with Gasteiger partial charge in [-0.1, -0.05) is 12.1 Å². The molecule has 3 aromatic rings. The Bertz CT molecular complexity index is 1090. The molecule has 1 saturated heterocycles. The third-order valence-corrected chi connectivity index (χ3v) is 6.79. The lowest BCUT2D eigenvalue weighted by atomic mass is 10.1. The normalized spacial score (nSPS) is 16.5. The Kier molecular flexibility index (Phi) is 6.25. The highest BCUT2D eigenvalue weighted by Crippen LogP contribution is 2.33. The van der Waals surface area contributed by atoms with Crippen molar-refractivity contribution >= 4 is 17.2 Å². The van der Waals surface area contributed by atoms with E-state index in [0.29, 0.717) is 24.7 Å². The number of benzene rings is 1. The Morgan fingerprint density at radius 2 is 2.10 bits per heavy atom. The van der Waals surface area contributed by atoms with Gasteiger partial charge in [0.25, 0.3) is 0 Å². The average Bonchev–Trinajstić information content (AvgIpc) is 3.40. The van der Waals surface area contributed by atoms with Crippen LogP contribution < -0.4 is 5.32 Å². The van der Waals surface area contributed by atoms with Crippen molar-refractivity contribution in [2.45, 2.75) is 59.2 Å². The van der Waals surface area contributed by atoms with Crippen molar-refractivity contribution in [2.24, 2.45) is 0 Å². The minimum Gasteiger partial charge on any atom is -0.352 e. The van der Waals surface area contributed by atoms with Gasteiger partial charge >= 0.3 is 0 Å². The van der Waals surface area contributed by atoms with Crippen molar-refractivity contribution in [2.75, 3.05) is 6.54 Å². The molecule has 0 bridgehead atoms. The molecule has 1 fully saturated rings. The number of halogens is 1. The molecule has 0 spiro atoms. The number of carbonyl (C=O) groups excluding carboxylic acids is 1. The summed E-state index contributed by atoms with van der Waals surface area (Å²) in [4.78, 5) is 16.5. The quantitative estimate of drug-likeness (QED) is 0.572. The van der Waals surface area contributed by atoms with Gasteiger partial charge in [-0.15, -0.1) is 11.3 Å². The molecular weight excluding hydrogens is 411 g/mol. The fourth-order valence-electron chi connectivity index (χ4n) is 4.15. The topological polar surface area (TPSA) is 50.2 Å². The van der Waals surface area contributed by atoms with Crippen molar-refractivity contribution in [3.63, 3.8) is 0 Å². The van der Waals surface area contributed by atoms with Crippen LogP contribution in [0.5, 0.6) is 0 Å². The molecule has 7 heteroatoms. The molecular formula is C24H29FN4OS. The Labute approximate surface area is 186 Å². The summed E-state index contributed by atoms with van der Waals surface area (Å²) in [7, 11) is 0. The van der Waals surface area contributed by atoms with Gasteiger partial charge in [0.05, 0.1) is 5.69 Å². The van der Waals surface area contributed by atoms with E-state index >= 15 is 0 Å². The van der Waals surface area contributed by atoms with Crippen molar-refractivity contribution < 1.29 is 9.18 Å². The van der Waals surface area contributed by atoms with E-state index in [1.807, 2.05) is 12.3 Å². The molecule has 5 nitrogen and oxygen atoms in total. The SMILES string of the molecule is Cc1cc(-c2nn(-c3ccccc3F)cc2CN(CC2CCC(=O)N2)C(C)C)c(C)s1. The van der Waals surface area contributed by atoms with Crippen LogP contribution in [-0.2, 0) is 11.3 Å². The molecule has 3 heterocycles. The van der Waals surface area contributed by atoms with Gasteiger partial charge in [0.1, 0.15) is 11.5 Å². The van der Waals surface area contributed by atoms with Crippen molar-refractivity contribution in [1.29, 1.82) is 0 Å². The van der Waals surface area contributed by atoms with Gasteiger partial charge < -0.3 is 5.32 Å². The second-order valence-corrected chi connectivity index (χ2v) is 10.0. The number of carbonyl (C=O) groups is 1. The number of hydrogen-bond acceptors (Lipinski definition) is 4. The summed E-state index contributed by atoms with van der Waals surface area (Å²) in [6, 6.07) is 9.34. The fourth-order valence-corrected chi connectivity index (χ4v) is 5.08. The summed E-state index contributed by atoms with van der Waals surface area (Å²) in [6.45, 7) is 10.00. The smallest absolute Gasteiger partial charge is 0.220 e. The van der Waals surface area contributed by atoms with Crippen molar-refractivity contribution in [3.8, 4) is 16.9 Å². The first kappa shape index (κ1) is 21.7. The molecule has 2 aromatic heterocycles.